The van der Waals surface area contributed by atoms with Crippen LogP contribution in [-0.4, -0.2) is 48.3 Å². The molecule has 1 aliphatic rings. The van der Waals surface area contributed by atoms with Gasteiger partial charge in [0, 0.05) is 12.1 Å². The second-order valence-electron chi connectivity index (χ2n) is 5.34. The van der Waals surface area contributed by atoms with E-state index in [9.17, 15) is 33.2 Å². The van der Waals surface area contributed by atoms with E-state index in [-0.39, 0.29) is 17.1 Å². The number of hydrazone groups is 1. The Labute approximate surface area is 133 Å². The van der Waals surface area contributed by atoms with Crippen LogP contribution in [0.25, 0.3) is 0 Å². The van der Waals surface area contributed by atoms with Gasteiger partial charge in [-0.25, -0.2) is 0 Å². The quantitative estimate of drug-likeness (QED) is 0.655. The van der Waals surface area contributed by atoms with Gasteiger partial charge < -0.3 is 5.11 Å². The van der Waals surface area contributed by atoms with Crippen LogP contribution in [0.2, 0.25) is 0 Å². The molecule has 0 saturated carbocycles. The van der Waals surface area contributed by atoms with Gasteiger partial charge in [-0.15, -0.1) is 0 Å². The van der Waals surface area contributed by atoms with Gasteiger partial charge >= 0.3 is 11.9 Å². The van der Waals surface area contributed by atoms with E-state index in [1.807, 2.05) is 0 Å². The zero-order valence-electron chi connectivity index (χ0n) is 12.7. The van der Waals surface area contributed by atoms with Gasteiger partial charge in [-0.05, 0) is 13.3 Å². The van der Waals surface area contributed by atoms with Crippen LogP contribution in [0.4, 0.5) is 18.9 Å². The zero-order valence-corrected chi connectivity index (χ0v) is 12.7. The summed E-state index contributed by atoms with van der Waals surface area (Å²) in [6.45, 7) is 2.75. The first-order chi connectivity index (χ1) is 11.0. The Balaban J connectivity index is 2.38. The molecular formula is C12H14F3N5O4. The fourth-order valence-electron chi connectivity index (χ4n) is 2.38. The highest BCUT2D eigenvalue weighted by Gasteiger charge is 2.63. The molecule has 0 aromatic carbocycles. The maximum absolute atomic E-state index is 13.2. The zero-order chi connectivity index (χ0) is 18.3. The van der Waals surface area contributed by atoms with Crippen LogP contribution in [0.5, 0.6) is 0 Å². The molecule has 2 heterocycles. The highest BCUT2D eigenvalue weighted by molar-refractivity contribution is 5.90. The molecule has 0 saturated heterocycles. The van der Waals surface area contributed by atoms with E-state index in [4.69, 9.17) is 0 Å². The lowest BCUT2D eigenvalue weighted by Crippen LogP contribution is -2.57. The minimum absolute atomic E-state index is 0.00330. The van der Waals surface area contributed by atoms with E-state index in [2.05, 4.69) is 10.2 Å². The molecule has 9 nitrogen and oxygen atoms in total. The van der Waals surface area contributed by atoms with Gasteiger partial charge in [-0.1, -0.05) is 6.92 Å². The van der Waals surface area contributed by atoms with E-state index < -0.39 is 40.9 Å². The largest absolute Gasteiger partial charge is 0.438 e. The number of alkyl halides is 3. The number of nitro groups is 1. The van der Waals surface area contributed by atoms with E-state index in [0.29, 0.717) is 0 Å². The van der Waals surface area contributed by atoms with Gasteiger partial charge in [0.15, 0.2) is 0 Å². The van der Waals surface area contributed by atoms with Gasteiger partial charge in [0.2, 0.25) is 0 Å². The van der Waals surface area contributed by atoms with Crippen LogP contribution in [0, 0.1) is 10.1 Å². The van der Waals surface area contributed by atoms with Gasteiger partial charge in [0.1, 0.15) is 18.4 Å². The topological polar surface area (TPSA) is 114 Å². The van der Waals surface area contributed by atoms with Crippen LogP contribution in [0.15, 0.2) is 17.5 Å². The predicted octanol–water partition coefficient (Wildman–Crippen LogP) is 1.60. The van der Waals surface area contributed by atoms with Crippen LogP contribution < -0.4 is 0 Å². The number of aliphatic hydroxyl groups is 1. The lowest BCUT2D eigenvalue weighted by molar-refractivity contribution is -0.385. The smallest absolute Gasteiger partial charge is 0.362 e. The first-order valence-electron chi connectivity index (χ1n) is 6.87. The maximum Gasteiger partial charge on any atom is 0.438 e. The minimum atomic E-state index is -5.11. The second kappa shape index (κ2) is 5.85. The third kappa shape index (κ3) is 2.84. The van der Waals surface area contributed by atoms with Crippen LogP contribution in [0.3, 0.4) is 0 Å². The summed E-state index contributed by atoms with van der Waals surface area (Å²) in [4.78, 5) is 22.4. The predicted molar refractivity (Wildman–Crippen MR) is 73.8 cm³/mol. The Bertz CT molecular complexity index is 701. The van der Waals surface area contributed by atoms with Crippen molar-refractivity contribution in [1.29, 1.82) is 0 Å². The Kier molecular flexibility index (Phi) is 4.35. The summed E-state index contributed by atoms with van der Waals surface area (Å²) >= 11 is 0. The first-order valence-corrected chi connectivity index (χ1v) is 6.87. The van der Waals surface area contributed by atoms with Crippen molar-refractivity contribution in [3.05, 3.63) is 22.5 Å². The highest BCUT2D eigenvalue weighted by Crippen LogP contribution is 2.41. The van der Waals surface area contributed by atoms with Crippen molar-refractivity contribution >= 4 is 17.3 Å². The number of nitrogens with zero attached hydrogens (tertiary/aromatic N) is 5. The first kappa shape index (κ1) is 17.8. The highest BCUT2D eigenvalue weighted by atomic mass is 19.4. The van der Waals surface area contributed by atoms with Crippen molar-refractivity contribution in [2.45, 2.75) is 44.6 Å². The molecule has 0 unspecified atom stereocenters. The molecule has 1 N–H and O–H groups in total. The molecule has 0 aliphatic carbocycles. The fourth-order valence-corrected chi connectivity index (χ4v) is 2.38. The third-order valence-corrected chi connectivity index (χ3v) is 3.58. The van der Waals surface area contributed by atoms with Gasteiger partial charge in [0.05, 0.1) is 4.92 Å². The fraction of sp³-hybridized carbons (Fsp3) is 0.583. The third-order valence-electron chi connectivity index (χ3n) is 3.58. The molecule has 1 amide bonds. The van der Waals surface area contributed by atoms with Gasteiger partial charge in [0.25, 0.3) is 11.6 Å². The number of amides is 1. The number of hydrogen-bond acceptors (Lipinski definition) is 6. The number of carbonyl (C=O) groups excluding carboxylic acids is 1. The Morgan fingerprint density at radius 3 is 2.67 bits per heavy atom. The molecule has 0 spiro atoms. The summed E-state index contributed by atoms with van der Waals surface area (Å²) in [6, 6.07) is -1.28. The SMILES string of the molecule is CC[C@H](C(=O)N1N=C(C)C[C@@]1(O)C(F)(F)F)n1cc([N+](=O)[O-])cn1. The van der Waals surface area contributed by atoms with Crippen LogP contribution >= 0.6 is 0 Å². The van der Waals surface area contributed by atoms with Crippen molar-refractivity contribution in [2.75, 3.05) is 0 Å². The van der Waals surface area contributed by atoms with Crippen molar-refractivity contribution in [3.63, 3.8) is 0 Å². The Hall–Kier alpha value is -2.50. The van der Waals surface area contributed by atoms with E-state index >= 15 is 0 Å². The number of rotatable bonds is 4. The average Bonchev–Trinajstić information content (AvgIpc) is 3.04. The molecule has 1 aromatic heterocycles. The molecule has 0 fully saturated rings. The molecule has 2 atom stereocenters. The summed E-state index contributed by atoms with van der Waals surface area (Å²) < 4.78 is 40.4. The van der Waals surface area contributed by atoms with E-state index in [1.165, 1.54) is 13.8 Å². The van der Waals surface area contributed by atoms with Crippen molar-refractivity contribution in [3.8, 4) is 0 Å². The molecule has 24 heavy (non-hydrogen) atoms. The lowest BCUT2D eigenvalue weighted by atomic mass is 10.1. The molecule has 0 radical (unpaired) electrons. The molecule has 2 rings (SSSR count). The summed E-state index contributed by atoms with van der Waals surface area (Å²) in [6.07, 6.45) is -4.16. The van der Waals surface area contributed by atoms with Gasteiger partial charge in [-0.3, -0.25) is 19.6 Å². The van der Waals surface area contributed by atoms with Crippen molar-refractivity contribution in [2.24, 2.45) is 5.10 Å². The van der Waals surface area contributed by atoms with Gasteiger partial charge in [-0.2, -0.15) is 28.4 Å². The number of halogens is 3. The summed E-state index contributed by atoms with van der Waals surface area (Å²) in [5.74, 6) is -1.16. The van der Waals surface area contributed by atoms with E-state index in [0.717, 1.165) is 17.1 Å². The summed E-state index contributed by atoms with van der Waals surface area (Å²) in [5.41, 5.74) is -3.92. The lowest BCUT2D eigenvalue weighted by Gasteiger charge is -2.34. The van der Waals surface area contributed by atoms with Crippen LogP contribution in [-0.2, 0) is 4.79 Å². The molecule has 12 heteroatoms. The monoisotopic (exact) mass is 349 g/mol. The summed E-state index contributed by atoms with van der Waals surface area (Å²) in [5, 5.41) is 27.8. The summed E-state index contributed by atoms with van der Waals surface area (Å²) in [7, 11) is 0. The van der Waals surface area contributed by atoms with Crippen molar-refractivity contribution < 1.29 is 28.0 Å². The Morgan fingerprint density at radius 1 is 1.58 bits per heavy atom. The Morgan fingerprint density at radius 2 is 2.21 bits per heavy atom. The molecule has 0 bridgehead atoms. The molecular weight excluding hydrogens is 335 g/mol. The van der Waals surface area contributed by atoms with Crippen molar-refractivity contribution in [1.82, 2.24) is 14.8 Å². The standard InChI is InChI=1S/C12H14F3N5O4/c1-3-9(18-6-8(5-16-18)20(23)24)10(21)19-11(22,12(13,14)15)4-7(2)17-19/h5-6,9,22H,3-4H2,1-2H3/t9-,11-/m1/s1. The van der Waals surface area contributed by atoms with Crippen LogP contribution in [0.1, 0.15) is 32.7 Å². The normalized spacial score (nSPS) is 22.4. The minimum Gasteiger partial charge on any atom is -0.362 e. The molecule has 1 aromatic rings. The molecule has 132 valence electrons. The van der Waals surface area contributed by atoms with E-state index in [1.54, 1.807) is 0 Å². The maximum atomic E-state index is 13.2. The average molecular weight is 349 g/mol. The molecule has 1 aliphatic heterocycles. The number of aromatic nitrogens is 2. The second-order valence-corrected chi connectivity index (χ2v) is 5.34. The number of hydrogen-bond donors (Lipinski definition) is 1. The number of carbonyl (C=O) groups is 1.